The number of benzene rings is 2. The molecule has 0 aromatic heterocycles. The van der Waals surface area contributed by atoms with E-state index >= 15 is 0 Å². The molecule has 2 aromatic rings. The number of rotatable bonds is 4. The third-order valence-corrected chi connectivity index (χ3v) is 3.55. The third kappa shape index (κ3) is 4.12. The highest BCUT2D eigenvalue weighted by molar-refractivity contribution is 6.35. The van der Waals surface area contributed by atoms with E-state index in [9.17, 15) is 9.18 Å². The fourth-order valence-electron chi connectivity index (χ4n) is 1.78. The molecule has 0 unspecified atom stereocenters. The minimum Gasteiger partial charge on any atom is -0.479 e. The highest BCUT2D eigenvalue weighted by Gasteiger charge is 2.17. The molecular weight excluding hydrogens is 328 g/mol. The second-order valence-corrected chi connectivity index (χ2v) is 5.63. The molecule has 2 rings (SSSR count). The lowest BCUT2D eigenvalue weighted by atomic mass is 10.2. The Morgan fingerprint density at radius 1 is 1.23 bits per heavy atom. The van der Waals surface area contributed by atoms with Crippen molar-refractivity contribution in [2.45, 2.75) is 20.0 Å². The maximum absolute atomic E-state index is 13.2. The van der Waals surface area contributed by atoms with Crippen LogP contribution < -0.4 is 10.1 Å². The first-order valence-electron chi connectivity index (χ1n) is 6.55. The first kappa shape index (κ1) is 16.6. The van der Waals surface area contributed by atoms with Crippen LogP contribution >= 0.6 is 23.2 Å². The molecule has 1 amide bonds. The number of nitrogens with one attached hydrogen (secondary N) is 1. The van der Waals surface area contributed by atoms with Crippen LogP contribution in [0.3, 0.4) is 0 Å². The highest BCUT2D eigenvalue weighted by Crippen LogP contribution is 2.28. The van der Waals surface area contributed by atoms with E-state index in [1.165, 1.54) is 18.2 Å². The standard InChI is InChI=1S/C16H14Cl2FNO2/c1-9-3-5-12(19)8-14(9)20-16(21)10(2)22-15-6-4-11(17)7-13(15)18/h3-8,10H,1-2H3,(H,20,21)/t10-/m0/s1. The number of aryl methyl sites for hydroxylation is 1. The van der Waals surface area contributed by atoms with E-state index in [1.54, 1.807) is 32.0 Å². The molecule has 2 aromatic carbocycles. The van der Waals surface area contributed by atoms with E-state index in [0.717, 1.165) is 5.56 Å². The molecule has 22 heavy (non-hydrogen) atoms. The van der Waals surface area contributed by atoms with Crippen LogP contribution in [-0.2, 0) is 4.79 Å². The van der Waals surface area contributed by atoms with Crippen LogP contribution in [0.15, 0.2) is 36.4 Å². The van der Waals surface area contributed by atoms with Gasteiger partial charge in [0, 0.05) is 10.7 Å². The molecule has 0 aliphatic heterocycles. The molecule has 1 atom stereocenters. The number of carbonyl (C=O) groups is 1. The lowest BCUT2D eigenvalue weighted by Crippen LogP contribution is -2.30. The van der Waals surface area contributed by atoms with Crippen molar-refractivity contribution < 1.29 is 13.9 Å². The minimum atomic E-state index is -0.804. The Morgan fingerprint density at radius 3 is 2.64 bits per heavy atom. The van der Waals surface area contributed by atoms with E-state index in [2.05, 4.69) is 5.32 Å². The fourth-order valence-corrected chi connectivity index (χ4v) is 2.23. The molecular formula is C16H14Cl2FNO2. The van der Waals surface area contributed by atoms with Gasteiger partial charge in [-0.3, -0.25) is 4.79 Å². The largest absolute Gasteiger partial charge is 0.479 e. The summed E-state index contributed by atoms with van der Waals surface area (Å²) in [5.74, 6) is -0.473. The van der Waals surface area contributed by atoms with Gasteiger partial charge >= 0.3 is 0 Å². The first-order valence-corrected chi connectivity index (χ1v) is 7.31. The van der Waals surface area contributed by atoms with Crippen molar-refractivity contribution in [3.05, 3.63) is 57.8 Å². The molecule has 0 bridgehead atoms. The SMILES string of the molecule is Cc1ccc(F)cc1NC(=O)[C@H](C)Oc1ccc(Cl)cc1Cl. The topological polar surface area (TPSA) is 38.3 Å². The average Bonchev–Trinajstić information content (AvgIpc) is 2.45. The molecule has 3 nitrogen and oxygen atoms in total. The van der Waals surface area contributed by atoms with Crippen LogP contribution in [0.5, 0.6) is 5.75 Å². The highest BCUT2D eigenvalue weighted by atomic mass is 35.5. The van der Waals surface area contributed by atoms with Gasteiger partial charge in [0.05, 0.1) is 5.02 Å². The number of anilines is 1. The molecule has 0 saturated heterocycles. The van der Waals surface area contributed by atoms with E-state index in [1.807, 2.05) is 0 Å². The monoisotopic (exact) mass is 341 g/mol. The summed E-state index contributed by atoms with van der Waals surface area (Å²) in [5, 5.41) is 3.42. The van der Waals surface area contributed by atoms with Gasteiger partial charge in [0.2, 0.25) is 0 Å². The smallest absolute Gasteiger partial charge is 0.265 e. The van der Waals surface area contributed by atoms with Crippen LogP contribution in [0.1, 0.15) is 12.5 Å². The Kier molecular flexibility index (Phi) is 5.27. The zero-order chi connectivity index (χ0) is 16.3. The van der Waals surface area contributed by atoms with Gasteiger partial charge in [-0.15, -0.1) is 0 Å². The molecule has 116 valence electrons. The van der Waals surface area contributed by atoms with Crippen LogP contribution in [-0.4, -0.2) is 12.0 Å². The van der Waals surface area contributed by atoms with Crippen LogP contribution in [0.4, 0.5) is 10.1 Å². The van der Waals surface area contributed by atoms with E-state index in [-0.39, 0.29) is 0 Å². The molecule has 0 saturated carbocycles. The van der Waals surface area contributed by atoms with Crippen molar-refractivity contribution in [1.82, 2.24) is 0 Å². The predicted octanol–water partition coefficient (Wildman–Crippen LogP) is 4.85. The number of amides is 1. The van der Waals surface area contributed by atoms with Crippen molar-refractivity contribution in [2.24, 2.45) is 0 Å². The van der Waals surface area contributed by atoms with Gasteiger partial charge in [-0.1, -0.05) is 29.3 Å². The maximum atomic E-state index is 13.2. The van der Waals surface area contributed by atoms with Gasteiger partial charge in [-0.05, 0) is 49.7 Å². The van der Waals surface area contributed by atoms with Gasteiger partial charge in [0.1, 0.15) is 11.6 Å². The molecule has 0 heterocycles. The van der Waals surface area contributed by atoms with Crippen LogP contribution in [0.2, 0.25) is 10.0 Å². The Morgan fingerprint density at radius 2 is 1.95 bits per heavy atom. The summed E-state index contributed by atoms with van der Waals surface area (Å²) in [7, 11) is 0. The van der Waals surface area contributed by atoms with E-state index < -0.39 is 17.8 Å². The summed E-state index contributed by atoms with van der Waals surface area (Å²) in [6.45, 7) is 3.35. The summed E-state index contributed by atoms with van der Waals surface area (Å²) in [4.78, 5) is 12.1. The number of hydrogen-bond donors (Lipinski definition) is 1. The zero-order valence-electron chi connectivity index (χ0n) is 12.0. The van der Waals surface area contributed by atoms with E-state index in [0.29, 0.717) is 21.5 Å². The summed E-state index contributed by atoms with van der Waals surface area (Å²) < 4.78 is 18.7. The third-order valence-electron chi connectivity index (χ3n) is 3.02. The minimum absolute atomic E-state index is 0.314. The Labute approximate surface area is 138 Å². The van der Waals surface area contributed by atoms with Crippen LogP contribution in [0, 0.1) is 12.7 Å². The van der Waals surface area contributed by atoms with Crippen molar-refractivity contribution in [2.75, 3.05) is 5.32 Å². The summed E-state index contributed by atoms with van der Waals surface area (Å²) in [5.41, 5.74) is 1.16. The second-order valence-electron chi connectivity index (χ2n) is 4.78. The normalized spacial score (nSPS) is 11.9. The van der Waals surface area contributed by atoms with Gasteiger partial charge in [0.15, 0.2) is 6.10 Å². The van der Waals surface area contributed by atoms with Gasteiger partial charge in [-0.25, -0.2) is 4.39 Å². The van der Waals surface area contributed by atoms with Crippen LogP contribution in [0.25, 0.3) is 0 Å². The quantitative estimate of drug-likeness (QED) is 0.863. The Bertz CT molecular complexity index is 707. The number of hydrogen-bond acceptors (Lipinski definition) is 2. The molecule has 0 aliphatic rings. The van der Waals surface area contributed by atoms with Crippen molar-refractivity contribution in [1.29, 1.82) is 0 Å². The average molecular weight is 342 g/mol. The molecule has 0 radical (unpaired) electrons. The predicted molar refractivity (Wildman–Crippen MR) is 86.3 cm³/mol. The summed E-state index contributed by atoms with van der Waals surface area (Å²) >= 11 is 11.8. The van der Waals surface area contributed by atoms with Crippen molar-refractivity contribution in [3.63, 3.8) is 0 Å². The Hall–Kier alpha value is -1.78. The second kappa shape index (κ2) is 6.99. The molecule has 6 heteroatoms. The number of carbonyl (C=O) groups excluding carboxylic acids is 1. The van der Waals surface area contributed by atoms with E-state index in [4.69, 9.17) is 27.9 Å². The van der Waals surface area contributed by atoms with Crippen molar-refractivity contribution in [3.8, 4) is 5.75 Å². The molecule has 0 fully saturated rings. The summed E-state index contributed by atoms with van der Waals surface area (Å²) in [6.07, 6.45) is -0.804. The maximum Gasteiger partial charge on any atom is 0.265 e. The molecule has 1 N–H and O–H groups in total. The van der Waals surface area contributed by atoms with Gasteiger partial charge < -0.3 is 10.1 Å². The lowest BCUT2D eigenvalue weighted by Gasteiger charge is -2.16. The van der Waals surface area contributed by atoms with Crippen molar-refractivity contribution >= 4 is 34.8 Å². The summed E-state index contributed by atoms with van der Waals surface area (Å²) in [6, 6.07) is 8.91. The number of ether oxygens (including phenoxy) is 1. The first-order chi connectivity index (χ1) is 10.4. The Balaban J connectivity index is 2.07. The number of halogens is 3. The lowest BCUT2D eigenvalue weighted by molar-refractivity contribution is -0.122. The zero-order valence-corrected chi connectivity index (χ0v) is 13.5. The molecule has 0 aliphatic carbocycles. The fraction of sp³-hybridized carbons (Fsp3) is 0.188. The van der Waals surface area contributed by atoms with Gasteiger partial charge in [0.25, 0.3) is 5.91 Å². The van der Waals surface area contributed by atoms with Gasteiger partial charge in [-0.2, -0.15) is 0 Å². The molecule has 0 spiro atoms.